The van der Waals surface area contributed by atoms with Crippen molar-refractivity contribution in [3.05, 3.63) is 194 Å². The molecule has 2 heterocycles. The van der Waals surface area contributed by atoms with Crippen molar-refractivity contribution in [2.45, 2.75) is 0 Å². The van der Waals surface area contributed by atoms with Crippen molar-refractivity contribution in [1.82, 2.24) is 0 Å². The Morgan fingerprint density at radius 3 is 1.34 bits per heavy atom. The maximum absolute atomic E-state index is 2.45. The van der Waals surface area contributed by atoms with E-state index in [1.165, 1.54) is 128 Å². The van der Waals surface area contributed by atoms with Gasteiger partial charge in [-0.05, 0) is 118 Å². The van der Waals surface area contributed by atoms with E-state index in [9.17, 15) is 0 Å². The highest BCUT2D eigenvalue weighted by atomic mass is 32.1. The molecule has 2 aromatic heterocycles. The summed E-state index contributed by atoms with van der Waals surface area (Å²) in [7, 11) is 0. The molecule has 0 bridgehead atoms. The standard InChI is InChI=1S/C56H32S2/c1-2-12-33(13-3-1)53-41-17-6-8-19-43(41)54(44-20-9-7-18-42(44)53)36-24-29-52-49(32-36)48-31-35(23-28-51(48)57-52)34-22-25-38-45-26-27-46-39-15-10-11-21-50(39)58-56(46)55(45)40-16-5-4-14-37(40)47(38)30-34/h1-32H. The van der Waals surface area contributed by atoms with E-state index < -0.39 is 0 Å². The molecular weight excluding hydrogens is 737 g/mol. The molecule has 13 aromatic rings. The Bertz CT molecular complexity index is 3770. The summed E-state index contributed by atoms with van der Waals surface area (Å²) in [5, 5.41) is 18.4. The number of fused-ring (bicyclic) bond motifs is 15. The molecule has 2 heteroatoms. The molecule has 0 unspecified atom stereocenters. The predicted molar refractivity (Wildman–Crippen MR) is 256 cm³/mol. The Labute approximate surface area is 342 Å². The van der Waals surface area contributed by atoms with Gasteiger partial charge < -0.3 is 0 Å². The molecule has 0 nitrogen and oxygen atoms in total. The lowest BCUT2D eigenvalue weighted by Crippen LogP contribution is -1.90. The molecule has 11 aromatic carbocycles. The van der Waals surface area contributed by atoms with Crippen LogP contribution in [0.25, 0.3) is 128 Å². The van der Waals surface area contributed by atoms with Gasteiger partial charge in [0, 0.05) is 45.7 Å². The first-order chi connectivity index (χ1) is 28.8. The molecular formula is C56H32S2. The molecule has 0 atom stereocenters. The molecule has 0 saturated carbocycles. The van der Waals surface area contributed by atoms with Gasteiger partial charge in [-0.3, -0.25) is 0 Å². The molecule has 0 aliphatic carbocycles. The number of benzene rings is 11. The van der Waals surface area contributed by atoms with Crippen LogP contribution in [0.1, 0.15) is 0 Å². The minimum Gasteiger partial charge on any atom is -0.135 e. The minimum absolute atomic E-state index is 1.24. The van der Waals surface area contributed by atoms with Crippen molar-refractivity contribution < 1.29 is 0 Å². The summed E-state index contributed by atoms with van der Waals surface area (Å²) in [6.07, 6.45) is 0. The number of hydrogen-bond acceptors (Lipinski definition) is 2. The first-order valence-electron chi connectivity index (χ1n) is 19.9. The summed E-state index contributed by atoms with van der Waals surface area (Å²) >= 11 is 3.80. The van der Waals surface area contributed by atoms with Gasteiger partial charge in [0.15, 0.2) is 0 Å². The monoisotopic (exact) mass is 768 g/mol. The van der Waals surface area contributed by atoms with E-state index in [1.54, 1.807) is 0 Å². The van der Waals surface area contributed by atoms with Gasteiger partial charge in [0.25, 0.3) is 0 Å². The van der Waals surface area contributed by atoms with Crippen molar-refractivity contribution in [1.29, 1.82) is 0 Å². The SMILES string of the molecule is c1ccc(-c2c3ccccc3c(-c3ccc4sc5ccc(-c6ccc7c(c6)c6ccccc6c6c7ccc7c8ccccc8sc76)cc5c4c3)c3ccccc23)cc1. The zero-order valence-corrected chi connectivity index (χ0v) is 32.9. The first kappa shape index (κ1) is 32.3. The smallest absolute Gasteiger partial charge is 0.0440 e. The number of hydrogen-bond donors (Lipinski definition) is 0. The van der Waals surface area contributed by atoms with Crippen LogP contribution >= 0.6 is 22.7 Å². The van der Waals surface area contributed by atoms with Gasteiger partial charge in [0.05, 0.1) is 0 Å². The van der Waals surface area contributed by atoms with Crippen LogP contribution in [0.4, 0.5) is 0 Å². The summed E-state index contributed by atoms with van der Waals surface area (Å²) in [5.74, 6) is 0. The third-order valence-electron chi connectivity index (χ3n) is 12.4. The fraction of sp³-hybridized carbons (Fsp3) is 0. The van der Waals surface area contributed by atoms with Crippen LogP contribution in [0.15, 0.2) is 194 Å². The highest BCUT2D eigenvalue weighted by Gasteiger charge is 2.19. The van der Waals surface area contributed by atoms with E-state index in [-0.39, 0.29) is 0 Å². The second-order valence-corrected chi connectivity index (χ2v) is 17.6. The minimum atomic E-state index is 1.24. The Hall–Kier alpha value is -6.84. The largest absolute Gasteiger partial charge is 0.135 e. The quantitative estimate of drug-likeness (QED) is 0.124. The molecule has 0 radical (unpaired) electrons. The highest BCUT2D eigenvalue weighted by molar-refractivity contribution is 7.27. The maximum atomic E-state index is 2.45. The average molecular weight is 769 g/mol. The normalized spacial score (nSPS) is 12.1. The van der Waals surface area contributed by atoms with Crippen molar-refractivity contribution in [3.63, 3.8) is 0 Å². The predicted octanol–water partition coefficient (Wildman–Crippen LogP) is 17.2. The molecule has 0 saturated heterocycles. The number of rotatable bonds is 3. The van der Waals surface area contributed by atoms with Crippen molar-refractivity contribution >= 4 is 117 Å². The van der Waals surface area contributed by atoms with Crippen LogP contribution in [0.3, 0.4) is 0 Å². The van der Waals surface area contributed by atoms with Crippen LogP contribution in [0.2, 0.25) is 0 Å². The van der Waals surface area contributed by atoms with Crippen LogP contribution in [0.5, 0.6) is 0 Å². The summed E-state index contributed by atoms with van der Waals surface area (Å²) in [5.41, 5.74) is 7.58. The van der Waals surface area contributed by atoms with Gasteiger partial charge in [-0.25, -0.2) is 0 Å². The lowest BCUT2D eigenvalue weighted by atomic mass is 9.86. The third-order valence-corrected chi connectivity index (χ3v) is 14.8. The Kier molecular flexibility index (Phi) is 6.86. The lowest BCUT2D eigenvalue weighted by Gasteiger charge is -2.17. The molecule has 0 aliphatic heterocycles. The Balaban J connectivity index is 1.01. The second kappa shape index (κ2) is 12.3. The van der Waals surface area contributed by atoms with Gasteiger partial charge in [0.2, 0.25) is 0 Å². The highest BCUT2D eigenvalue weighted by Crippen LogP contribution is 2.47. The maximum Gasteiger partial charge on any atom is 0.0440 e. The van der Waals surface area contributed by atoms with Crippen LogP contribution < -0.4 is 0 Å². The summed E-state index contributed by atoms with van der Waals surface area (Å²) in [4.78, 5) is 0. The van der Waals surface area contributed by atoms with Gasteiger partial charge >= 0.3 is 0 Å². The summed E-state index contributed by atoms with van der Waals surface area (Å²) < 4.78 is 5.35. The van der Waals surface area contributed by atoms with E-state index >= 15 is 0 Å². The van der Waals surface area contributed by atoms with Crippen LogP contribution in [-0.4, -0.2) is 0 Å². The zero-order chi connectivity index (χ0) is 37.9. The summed E-state index contributed by atoms with van der Waals surface area (Å²) in [6.45, 7) is 0. The van der Waals surface area contributed by atoms with E-state index in [0.717, 1.165) is 0 Å². The average Bonchev–Trinajstić information content (AvgIpc) is 3.86. The first-order valence-corrected chi connectivity index (χ1v) is 21.5. The fourth-order valence-corrected chi connectivity index (χ4v) is 12.2. The molecule has 0 spiro atoms. The van der Waals surface area contributed by atoms with Crippen LogP contribution in [0, 0.1) is 0 Å². The lowest BCUT2D eigenvalue weighted by molar-refractivity contribution is 1.66. The zero-order valence-electron chi connectivity index (χ0n) is 31.3. The van der Waals surface area contributed by atoms with Crippen LogP contribution in [-0.2, 0) is 0 Å². The molecule has 13 rings (SSSR count). The van der Waals surface area contributed by atoms with E-state index in [1.807, 2.05) is 22.7 Å². The molecule has 0 fully saturated rings. The summed E-state index contributed by atoms with van der Waals surface area (Å²) in [6, 6.07) is 72.6. The second-order valence-electron chi connectivity index (χ2n) is 15.5. The fourth-order valence-electron chi connectivity index (χ4n) is 9.87. The van der Waals surface area contributed by atoms with Crippen molar-refractivity contribution in [2.75, 3.05) is 0 Å². The van der Waals surface area contributed by atoms with Gasteiger partial charge in [-0.15, -0.1) is 22.7 Å². The topological polar surface area (TPSA) is 0 Å². The Morgan fingerprint density at radius 2 is 0.655 bits per heavy atom. The number of thiophene rings is 2. The van der Waals surface area contributed by atoms with E-state index in [4.69, 9.17) is 0 Å². The third kappa shape index (κ3) is 4.62. The van der Waals surface area contributed by atoms with Gasteiger partial charge in [-0.2, -0.15) is 0 Å². The Morgan fingerprint density at radius 1 is 0.224 bits per heavy atom. The molecule has 0 aliphatic rings. The molecule has 268 valence electrons. The van der Waals surface area contributed by atoms with Gasteiger partial charge in [-0.1, -0.05) is 158 Å². The molecule has 0 N–H and O–H groups in total. The van der Waals surface area contributed by atoms with E-state index in [2.05, 4.69) is 194 Å². The molecule has 0 amide bonds. The van der Waals surface area contributed by atoms with Gasteiger partial charge in [0.1, 0.15) is 0 Å². The van der Waals surface area contributed by atoms with Crippen molar-refractivity contribution in [2.24, 2.45) is 0 Å². The van der Waals surface area contributed by atoms with E-state index in [0.29, 0.717) is 0 Å². The molecule has 58 heavy (non-hydrogen) atoms. The van der Waals surface area contributed by atoms with Crippen molar-refractivity contribution in [3.8, 4) is 33.4 Å².